The molecule has 0 atom stereocenters. The Morgan fingerprint density at radius 1 is 0.431 bits per heavy atom. The molecule has 10 rings (SSSR count). The van der Waals surface area contributed by atoms with Gasteiger partial charge in [-0.3, -0.25) is 0 Å². The second kappa shape index (κ2) is 11.9. The van der Waals surface area contributed by atoms with Gasteiger partial charge in [0.25, 0.3) is 0 Å². The first kappa shape index (κ1) is 29.5. The minimum Gasteiger partial charge on any atom is -0.309 e. The molecule has 0 amide bonds. The highest BCUT2D eigenvalue weighted by Crippen LogP contribution is 2.42. The summed E-state index contributed by atoms with van der Waals surface area (Å²) in [6.07, 6.45) is 0. The highest BCUT2D eigenvalue weighted by atomic mass is 32.1. The fourth-order valence-corrected chi connectivity index (χ4v) is 8.46. The van der Waals surface area contributed by atoms with Gasteiger partial charge in [-0.25, -0.2) is 15.0 Å². The smallest absolute Gasteiger partial charge is 0.164 e. The predicted molar refractivity (Wildman–Crippen MR) is 214 cm³/mol. The highest BCUT2D eigenvalue weighted by molar-refractivity contribution is 7.26. The van der Waals surface area contributed by atoms with E-state index in [-0.39, 0.29) is 0 Å². The average Bonchev–Trinajstić information content (AvgIpc) is 3.74. The summed E-state index contributed by atoms with van der Waals surface area (Å²) in [6, 6.07) is 57.9. The maximum absolute atomic E-state index is 5.09. The number of nitrogens with zero attached hydrogens (tertiary/aromatic N) is 4. The lowest BCUT2D eigenvalue weighted by Crippen LogP contribution is -2.00. The molecule has 0 radical (unpaired) electrons. The van der Waals surface area contributed by atoms with E-state index in [0.29, 0.717) is 17.5 Å². The summed E-state index contributed by atoms with van der Waals surface area (Å²) in [5, 5.41) is 4.86. The Balaban J connectivity index is 1.16. The highest BCUT2D eigenvalue weighted by Gasteiger charge is 2.18. The van der Waals surface area contributed by atoms with E-state index in [9.17, 15) is 0 Å². The van der Waals surface area contributed by atoms with Crippen LogP contribution in [0, 0.1) is 6.92 Å². The number of hydrogen-bond acceptors (Lipinski definition) is 4. The van der Waals surface area contributed by atoms with Crippen LogP contribution in [0.2, 0.25) is 0 Å². The zero-order valence-corrected chi connectivity index (χ0v) is 28.6. The zero-order chi connectivity index (χ0) is 33.9. The van der Waals surface area contributed by atoms with E-state index in [1.165, 1.54) is 64.4 Å². The molecule has 5 heteroatoms. The maximum Gasteiger partial charge on any atom is 0.164 e. The number of aryl methyl sites for hydroxylation is 1. The topological polar surface area (TPSA) is 43.6 Å². The van der Waals surface area contributed by atoms with Gasteiger partial charge in [0.1, 0.15) is 0 Å². The second-order valence-corrected chi connectivity index (χ2v) is 14.0. The van der Waals surface area contributed by atoms with E-state index in [4.69, 9.17) is 15.0 Å². The van der Waals surface area contributed by atoms with Crippen LogP contribution >= 0.6 is 11.3 Å². The first-order valence-corrected chi connectivity index (χ1v) is 17.9. The lowest BCUT2D eigenvalue weighted by Gasteiger charge is -2.11. The molecule has 0 saturated carbocycles. The van der Waals surface area contributed by atoms with Crippen LogP contribution in [-0.2, 0) is 0 Å². The van der Waals surface area contributed by atoms with E-state index in [1.54, 1.807) is 0 Å². The molecular weight excluding hydrogens is 641 g/mol. The van der Waals surface area contributed by atoms with Gasteiger partial charge in [0.2, 0.25) is 0 Å². The molecule has 51 heavy (non-hydrogen) atoms. The summed E-state index contributed by atoms with van der Waals surface area (Å²) in [7, 11) is 0. The van der Waals surface area contributed by atoms with Crippen molar-refractivity contribution in [2.45, 2.75) is 6.92 Å². The van der Waals surface area contributed by atoms with Gasteiger partial charge in [0.15, 0.2) is 17.5 Å². The van der Waals surface area contributed by atoms with Gasteiger partial charge in [-0.05, 0) is 66.1 Å². The monoisotopic (exact) mass is 670 g/mol. The van der Waals surface area contributed by atoms with Crippen molar-refractivity contribution in [2.24, 2.45) is 0 Å². The van der Waals surface area contributed by atoms with Crippen LogP contribution in [0.4, 0.5) is 0 Å². The van der Waals surface area contributed by atoms with Crippen LogP contribution in [0.25, 0.3) is 93.0 Å². The van der Waals surface area contributed by atoms with Crippen LogP contribution in [0.5, 0.6) is 0 Å². The summed E-state index contributed by atoms with van der Waals surface area (Å²) in [4.78, 5) is 15.1. The number of aromatic nitrogens is 4. The Kier molecular flexibility index (Phi) is 6.86. The molecule has 0 aliphatic heterocycles. The first-order chi connectivity index (χ1) is 25.2. The molecular formula is C46H30N4S. The Labute approximate surface area is 299 Å². The van der Waals surface area contributed by atoms with Crippen molar-refractivity contribution in [3.63, 3.8) is 0 Å². The van der Waals surface area contributed by atoms with E-state index in [2.05, 4.69) is 139 Å². The number of fused-ring (bicyclic) bond motifs is 6. The van der Waals surface area contributed by atoms with Gasteiger partial charge >= 0.3 is 0 Å². The van der Waals surface area contributed by atoms with Crippen LogP contribution in [0.1, 0.15) is 5.56 Å². The van der Waals surface area contributed by atoms with Crippen molar-refractivity contribution < 1.29 is 0 Å². The van der Waals surface area contributed by atoms with Gasteiger partial charge in [-0.15, -0.1) is 11.3 Å². The molecule has 0 aliphatic carbocycles. The van der Waals surface area contributed by atoms with Gasteiger partial charge in [-0.1, -0.05) is 121 Å². The van der Waals surface area contributed by atoms with Crippen LogP contribution < -0.4 is 0 Å². The van der Waals surface area contributed by atoms with Crippen LogP contribution in [-0.4, -0.2) is 19.5 Å². The minimum atomic E-state index is 0.662. The summed E-state index contributed by atoms with van der Waals surface area (Å²) < 4.78 is 4.84. The number of benzene rings is 7. The van der Waals surface area contributed by atoms with E-state index >= 15 is 0 Å². The molecule has 4 nitrogen and oxygen atoms in total. The van der Waals surface area contributed by atoms with Crippen molar-refractivity contribution in [1.29, 1.82) is 0 Å². The number of hydrogen-bond donors (Lipinski definition) is 0. The molecule has 240 valence electrons. The molecule has 10 aromatic rings. The fraction of sp³-hybridized carbons (Fsp3) is 0.0217. The van der Waals surface area contributed by atoms with E-state index < -0.39 is 0 Å². The molecule has 3 heterocycles. The van der Waals surface area contributed by atoms with Gasteiger partial charge < -0.3 is 4.57 Å². The summed E-state index contributed by atoms with van der Waals surface area (Å²) >= 11 is 1.81. The molecule has 0 aliphatic rings. The van der Waals surface area contributed by atoms with Crippen molar-refractivity contribution in [3.05, 3.63) is 169 Å². The lowest BCUT2D eigenvalue weighted by atomic mass is 9.99. The minimum absolute atomic E-state index is 0.662. The van der Waals surface area contributed by atoms with E-state index in [1.807, 2.05) is 47.7 Å². The van der Waals surface area contributed by atoms with E-state index in [0.717, 1.165) is 16.7 Å². The van der Waals surface area contributed by atoms with Gasteiger partial charge in [0, 0.05) is 53.3 Å². The van der Waals surface area contributed by atoms with Gasteiger partial charge in [-0.2, -0.15) is 0 Å². The SMILES string of the molecule is Cc1ccccc1-n1c2ccccc2c2cc(-c3ccc4sc5cccc(-c6nc(-c7ccccc7)nc(-c7ccccc7)n6)c5c4c3)ccc21. The first-order valence-electron chi connectivity index (χ1n) is 17.1. The third-order valence-electron chi connectivity index (χ3n) is 9.80. The maximum atomic E-state index is 5.09. The Bertz CT molecular complexity index is 2870. The lowest BCUT2D eigenvalue weighted by molar-refractivity contribution is 1.08. The fourth-order valence-electron chi connectivity index (χ4n) is 7.35. The Morgan fingerprint density at radius 3 is 1.78 bits per heavy atom. The molecule has 7 aromatic carbocycles. The van der Waals surface area contributed by atoms with Crippen molar-refractivity contribution >= 4 is 53.3 Å². The molecule has 3 aromatic heterocycles. The quantitative estimate of drug-likeness (QED) is 0.183. The molecule has 0 bridgehead atoms. The van der Waals surface area contributed by atoms with Crippen molar-refractivity contribution in [3.8, 4) is 51.0 Å². The molecule has 0 spiro atoms. The number of para-hydroxylation sites is 2. The van der Waals surface area contributed by atoms with Gasteiger partial charge in [0.05, 0.1) is 11.0 Å². The molecule has 0 N–H and O–H groups in total. The number of rotatable bonds is 5. The Hall–Kier alpha value is -6.43. The molecule has 0 unspecified atom stereocenters. The van der Waals surface area contributed by atoms with Crippen LogP contribution in [0.15, 0.2) is 164 Å². The number of thiophene rings is 1. The third kappa shape index (κ3) is 4.93. The Morgan fingerprint density at radius 2 is 1.04 bits per heavy atom. The summed E-state index contributed by atoms with van der Waals surface area (Å²) in [6.45, 7) is 2.18. The molecule has 0 saturated heterocycles. The summed E-state index contributed by atoms with van der Waals surface area (Å²) in [5.74, 6) is 1.99. The van der Waals surface area contributed by atoms with Crippen molar-refractivity contribution in [1.82, 2.24) is 19.5 Å². The van der Waals surface area contributed by atoms with Crippen LogP contribution in [0.3, 0.4) is 0 Å². The third-order valence-corrected chi connectivity index (χ3v) is 10.9. The predicted octanol–water partition coefficient (Wildman–Crippen LogP) is 12.3. The average molecular weight is 671 g/mol. The molecule has 0 fully saturated rings. The largest absolute Gasteiger partial charge is 0.309 e. The van der Waals surface area contributed by atoms with Crippen molar-refractivity contribution in [2.75, 3.05) is 0 Å². The standard InChI is InChI=1S/C46H30N4S/c1-29-13-8-10-20-38(29)50-39-21-11-9-18-34(39)36-27-32(23-25-40(36)50)33-24-26-41-37(28-33)43-35(19-12-22-42(43)51-41)46-48-44(30-14-4-2-5-15-30)47-45(49-46)31-16-6-3-7-17-31/h2-28H,1H3. The summed E-state index contributed by atoms with van der Waals surface area (Å²) in [5.41, 5.74) is 10.2. The second-order valence-electron chi connectivity index (χ2n) is 12.9. The zero-order valence-electron chi connectivity index (χ0n) is 27.8. The normalized spacial score (nSPS) is 11.6.